The van der Waals surface area contributed by atoms with Crippen LogP contribution in [0.25, 0.3) is 0 Å². The first-order chi connectivity index (χ1) is 8.34. The van der Waals surface area contributed by atoms with Crippen LogP contribution in [0.5, 0.6) is 0 Å². The zero-order chi connectivity index (χ0) is 13.8. The molecule has 0 spiro atoms. The second-order valence-electron chi connectivity index (χ2n) is 6.79. The van der Waals surface area contributed by atoms with Gasteiger partial charge in [-0.2, -0.15) is 0 Å². The van der Waals surface area contributed by atoms with Crippen molar-refractivity contribution in [3.05, 3.63) is 0 Å². The molecular formula is C15H30N2O. The Kier molecular flexibility index (Phi) is 5.48. The van der Waals surface area contributed by atoms with Crippen molar-refractivity contribution in [1.29, 1.82) is 0 Å². The number of amides is 2. The fraction of sp³-hybridized carbons (Fsp3) is 0.933. The molecule has 0 aliphatic heterocycles. The Morgan fingerprint density at radius 3 is 2.44 bits per heavy atom. The highest BCUT2D eigenvalue weighted by molar-refractivity contribution is 5.74. The number of hydrogen-bond acceptors (Lipinski definition) is 1. The highest BCUT2D eigenvalue weighted by Gasteiger charge is 2.34. The van der Waals surface area contributed by atoms with E-state index in [-0.39, 0.29) is 17.5 Å². The van der Waals surface area contributed by atoms with Crippen molar-refractivity contribution in [3.63, 3.8) is 0 Å². The monoisotopic (exact) mass is 254 g/mol. The van der Waals surface area contributed by atoms with Gasteiger partial charge in [-0.05, 0) is 37.5 Å². The minimum absolute atomic E-state index is 0.00509. The Morgan fingerprint density at radius 1 is 1.28 bits per heavy atom. The van der Waals surface area contributed by atoms with E-state index in [1.54, 1.807) is 0 Å². The minimum atomic E-state index is 0.00509. The topological polar surface area (TPSA) is 41.1 Å². The van der Waals surface area contributed by atoms with Gasteiger partial charge in [-0.25, -0.2) is 4.79 Å². The van der Waals surface area contributed by atoms with Gasteiger partial charge in [-0.3, -0.25) is 0 Å². The lowest BCUT2D eigenvalue weighted by molar-refractivity contribution is 0.133. The lowest BCUT2D eigenvalue weighted by Crippen LogP contribution is -2.51. The van der Waals surface area contributed by atoms with E-state index in [1.165, 1.54) is 19.3 Å². The van der Waals surface area contributed by atoms with Gasteiger partial charge in [0.15, 0.2) is 0 Å². The highest BCUT2D eigenvalue weighted by atomic mass is 16.2. The lowest BCUT2D eigenvalue weighted by atomic mass is 9.69. The lowest BCUT2D eigenvalue weighted by Gasteiger charge is -2.40. The molecule has 1 aliphatic rings. The van der Waals surface area contributed by atoms with Crippen LogP contribution in [0.3, 0.4) is 0 Å². The van der Waals surface area contributed by atoms with Crippen LogP contribution in [0, 0.1) is 11.3 Å². The molecule has 0 aromatic heterocycles. The third kappa shape index (κ3) is 4.51. The number of carbonyl (C=O) groups is 1. The molecule has 0 radical (unpaired) electrons. The molecule has 0 bridgehead atoms. The molecule has 0 aromatic carbocycles. The summed E-state index contributed by atoms with van der Waals surface area (Å²) in [5, 5.41) is 6.19. The van der Waals surface area contributed by atoms with Gasteiger partial charge in [0.05, 0.1) is 0 Å². The van der Waals surface area contributed by atoms with Gasteiger partial charge in [0.2, 0.25) is 0 Å². The van der Waals surface area contributed by atoms with Crippen LogP contribution in [-0.4, -0.2) is 18.1 Å². The van der Waals surface area contributed by atoms with Gasteiger partial charge in [0.25, 0.3) is 0 Å². The average molecular weight is 254 g/mol. The fourth-order valence-corrected chi connectivity index (χ4v) is 2.88. The summed E-state index contributed by atoms with van der Waals surface area (Å²) in [4.78, 5) is 11.9. The molecule has 1 saturated carbocycles. The van der Waals surface area contributed by atoms with E-state index in [0.29, 0.717) is 12.0 Å². The van der Waals surface area contributed by atoms with Crippen molar-refractivity contribution < 1.29 is 4.79 Å². The smallest absolute Gasteiger partial charge is 0.315 e. The summed E-state index contributed by atoms with van der Waals surface area (Å²) < 4.78 is 0. The Hall–Kier alpha value is -0.730. The largest absolute Gasteiger partial charge is 0.336 e. The molecule has 0 aromatic rings. The molecule has 1 aliphatic carbocycles. The molecule has 18 heavy (non-hydrogen) atoms. The minimum Gasteiger partial charge on any atom is -0.336 e. The zero-order valence-electron chi connectivity index (χ0n) is 12.7. The summed E-state index contributed by atoms with van der Waals surface area (Å²) in [6.07, 6.45) is 5.86. The molecule has 2 amide bonds. The van der Waals surface area contributed by atoms with Crippen molar-refractivity contribution in [1.82, 2.24) is 10.6 Å². The van der Waals surface area contributed by atoms with Crippen LogP contribution in [0.4, 0.5) is 4.79 Å². The number of nitrogens with one attached hydrogen (secondary N) is 2. The number of carbonyl (C=O) groups excluding carboxylic acids is 1. The van der Waals surface area contributed by atoms with Gasteiger partial charge < -0.3 is 10.6 Å². The van der Waals surface area contributed by atoms with E-state index >= 15 is 0 Å². The van der Waals surface area contributed by atoms with E-state index in [2.05, 4.69) is 38.3 Å². The summed E-state index contributed by atoms with van der Waals surface area (Å²) in [5.74, 6) is 0.592. The maximum Gasteiger partial charge on any atom is 0.315 e. The second-order valence-corrected chi connectivity index (χ2v) is 6.79. The zero-order valence-corrected chi connectivity index (χ0v) is 12.7. The number of hydrogen-bond donors (Lipinski definition) is 2. The summed E-state index contributed by atoms with van der Waals surface area (Å²) >= 11 is 0. The molecule has 1 rings (SSSR count). The maximum absolute atomic E-state index is 11.9. The molecule has 1 fully saturated rings. The summed E-state index contributed by atoms with van der Waals surface area (Å²) in [6.45, 7) is 11.0. The Labute approximate surface area is 112 Å². The Balaban J connectivity index is 2.54. The molecule has 3 atom stereocenters. The van der Waals surface area contributed by atoms with Crippen molar-refractivity contribution in [3.8, 4) is 0 Å². The van der Waals surface area contributed by atoms with Gasteiger partial charge in [-0.15, -0.1) is 0 Å². The van der Waals surface area contributed by atoms with Gasteiger partial charge in [-0.1, -0.05) is 40.5 Å². The summed E-state index contributed by atoms with van der Waals surface area (Å²) in [5.41, 5.74) is 0.273. The Bertz CT molecular complexity index is 270. The molecule has 0 saturated heterocycles. The molecule has 2 N–H and O–H groups in total. The van der Waals surface area contributed by atoms with Crippen molar-refractivity contribution in [2.24, 2.45) is 11.3 Å². The highest BCUT2D eigenvalue weighted by Crippen LogP contribution is 2.37. The molecular weight excluding hydrogens is 224 g/mol. The molecule has 106 valence electrons. The van der Waals surface area contributed by atoms with Crippen LogP contribution in [0.1, 0.15) is 66.7 Å². The first kappa shape index (κ1) is 15.3. The SMILES string of the molecule is CC[C@H](C)NC(=O)N[C@H]1CCCC[C@H]1C(C)(C)C. The van der Waals surface area contributed by atoms with Gasteiger partial charge in [0, 0.05) is 12.1 Å². The summed E-state index contributed by atoms with van der Waals surface area (Å²) in [7, 11) is 0. The van der Waals surface area contributed by atoms with Gasteiger partial charge >= 0.3 is 6.03 Å². The normalized spacial score (nSPS) is 26.5. The quantitative estimate of drug-likeness (QED) is 0.792. The van der Waals surface area contributed by atoms with Crippen LogP contribution < -0.4 is 10.6 Å². The van der Waals surface area contributed by atoms with E-state index in [4.69, 9.17) is 0 Å². The van der Waals surface area contributed by atoms with E-state index in [0.717, 1.165) is 12.8 Å². The maximum atomic E-state index is 11.9. The first-order valence-corrected chi connectivity index (χ1v) is 7.41. The number of rotatable bonds is 3. The fourth-order valence-electron chi connectivity index (χ4n) is 2.88. The molecule has 3 nitrogen and oxygen atoms in total. The van der Waals surface area contributed by atoms with Crippen LogP contribution in [0.15, 0.2) is 0 Å². The average Bonchev–Trinajstić information content (AvgIpc) is 2.27. The van der Waals surface area contributed by atoms with Crippen molar-refractivity contribution in [2.75, 3.05) is 0 Å². The molecule has 0 heterocycles. The van der Waals surface area contributed by atoms with E-state index < -0.39 is 0 Å². The first-order valence-electron chi connectivity index (χ1n) is 7.41. The second kappa shape index (κ2) is 6.44. The van der Waals surface area contributed by atoms with Crippen LogP contribution in [0.2, 0.25) is 0 Å². The third-order valence-corrected chi connectivity index (χ3v) is 4.18. The van der Waals surface area contributed by atoms with Crippen LogP contribution in [-0.2, 0) is 0 Å². The predicted octanol–water partition coefficient (Wildman–Crippen LogP) is 3.69. The van der Waals surface area contributed by atoms with Crippen molar-refractivity contribution in [2.45, 2.75) is 78.8 Å². The number of urea groups is 1. The van der Waals surface area contributed by atoms with Crippen LogP contribution >= 0.6 is 0 Å². The third-order valence-electron chi connectivity index (χ3n) is 4.18. The van der Waals surface area contributed by atoms with E-state index in [1.807, 2.05) is 6.92 Å². The van der Waals surface area contributed by atoms with Gasteiger partial charge in [0.1, 0.15) is 0 Å². The van der Waals surface area contributed by atoms with E-state index in [9.17, 15) is 4.79 Å². The molecule has 0 unspecified atom stereocenters. The Morgan fingerprint density at radius 2 is 1.89 bits per heavy atom. The summed E-state index contributed by atoms with van der Waals surface area (Å²) in [6, 6.07) is 0.593. The van der Waals surface area contributed by atoms with Crippen molar-refractivity contribution >= 4 is 6.03 Å². The predicted molar refractivity (Wildman–Crippen MR) is 76.6 cm³/mol. The molecule has 3 heteroatoms. The standard InChI is InChI=1S/C15H30N2O/c1-6-11(2)16-14(18)17-13-10-8-7-9-12(13)15(3,4)5/h11-13H,6-10H2,1-5H3,(H2,16,17,18)/t11-,12+,13-/m0/s1.